The molecule has 0 fully saturated rings. The Kier molecular flexibility index (Phi) is 5.68. The fourth-order valence-electron chi connectivity index (χ4n) is 2.07. The molecule has 1 aromatic heterocycles. The van der Waals surface area contributed by atoms with E-state index >= 15 is 0 Å². The maximum atomic E-state index is 12.9. The molecule has 0 radical (unpaired) electrons. The van der Waals surface area contributed by atoms with Gasteiger partial charge in [0.15, 0.2) is 9.84 Å². The van der Waals surface area contributed by atoms with E-state index in [0.717, 1.165) is 0 Å². The summed E-state index contributed by atoms with van der Waals surface area (Å²) in [6, 6.07) is 8.95. The lowest BCUT2D eigenvalue weighted by molar-refractivity contribution is 0.414. The molecule has 0 saturated heterocycles. The first-order chi connectivity index (χ1) is 11.3. The van der Waals surface area contributed by atoms with Gasteiger partial charge in [0.25, 0.3) is 0 Å². The van der Waals surface area contributed by atoms with Crippen molar-refractivity contribution in [2.24, 2.45) is 0 Å². The van der Waals surface area contributed by atoms with Crippen LogP contribution in [0.15, 0.2) is 52.0 Å². The van der Waals surface area contributed by atoms with Crippen molar-refractivity contribution in [1.29, 1.82) is 0 Å². The summed E-state index contributed by atoms with van der Waals surface area (Å²) in [5, 5.41) is -1.16. The van der Waals surface area contributed by atoms with Gasteiger partial charge in [-0.15, -0.1) is 0 Å². The topological polar surface area (TPSA) is 103 Å². The summed E-state index contributed by atoms with van der Waals surface area (Å²) in [6.07, 6.45) is 1.35. The summed E-state index contributed by atoms with van der Waals surface area (Å²) in [6.45, 7) is 1.17. The van der Waals surface area contributed by atoms with Gasteiger partial charge in [0.1, 0.15) is 16.8 Å². The first kappa shape index (κ1) is 18.5. The molecule has 0 saturated carbocycles. The molecule has 0 aliphatic heterocycles. The van der Waals surface area contributed by atoms with Crippen LogP contribution in [0.2, 0.25) is 0 Å². The Balaban J connectivity index is 2.37. The molecule has 7 nitrogen and oxygen atoms in total. The van der Waals surface area contributed by atoms with E-state index < -0.39 is 25.1 Å². The van der Waals surface area contributed by atoms with E-state index in [1.807, 2.05) is 0 Å². The van der Waals surface area contributed by atoms with Crippen LogP contribution in [0.4, 0.5) is 0 Å². The number of ether oxygens (including phenoxy) is 1. The van der Waals surface area contributed by atoms with E-state index in [1.165, 1.54) is 50.6 Å². The second-order valence-electron chi connectivity index (χ2n) is 4.98. The predicted molar refractivity (Wildman–Crippen MR) is 89.1 cm³/mol. The molecule has 0 bridgehead atoms. The summed E-state index contributed by atoms with van der Waals surface area (Å²) < 4.78 is 61.7. The number of sulfone groups is 1. The van der Waals surface area contributed by atoms with Crippen molar-refractivity contribution >= 4 is 19.9 Å². The van der Waals surface area contributed by atoms with Crippen LogP contribution >= 0.6 is 0 Å². The van der Waals surface area contributed by atoms with Crippen molar-refractivity contribution in [2.45, 2.75) is 17.1 Å². The van der Waals surface area contributed by atoms with Crippen LogP contribution in [0, 0.1) is 0 Å². The van der Waals surface area contributed by atoms with Crippen LogP contribution in [-0.4, -0.2) is 36.2 Å². The van der Waals surface area contributed by atoms with E-state index in [9.17, 15) is 16.8 Å². The third-order valence-electron chi connectivity index (χ3n) is 3.49. The number of hydrogen-bond donors (Lipinski definition) is 1. The third kappa shape index (κ3) is 4.16. The van der Waals surface area contributed by atoms with Crippen LogP contribution in [0.5, 0.6) is 5.75 Å². The third-order valence-corrected chi connectivity index (χ3v) is 6.94. The van der Waals surface area contributed by atoms with E-state index in [2.05, 4.69) is 4.72 Å². The zero-order valence-electron chi connectivity index (χ0n) is 13.3. The monoisotopic (exact) mass is 373 g/mol. The van der Waals surface area contributed by atoms with Gasteiger partial charge in [-0.25, -0.2) is 21.6 Å². The molecule has 0 aliphatic carbocycles. The van der Waals surface area contributed by atoms with Gasteiger partial charge in [-0.1, -0.05) is 0 Å². The SMILES string of the molecule is CCS(=O)(=O)NCC(c1ccco1)S(=O)(=O)c1ccc(OC)cc1. The first-order valence-electron chi connectivity index (χ1n) is 7.19. The van der Waals surface area contributed by atoms with Gasteiger partial charge in [-0.05, 0) is 43.3 Å². The van der Waals surface area contributed by atoms with Gasteiger partial charge < -0.3 is 9.15 Å². The van der Waals surface area contributed by atoms with Crippen LogP contribution in [0.3, 0.4) is 0 Å². The highest BCUT2D eigenvalue weighted by Gasteiger charge is 2.32. The van der Waals surface area contributed by atoms with Gasteiger partial charge in [0.2, 0.25) is 10.0 Å². The zero-order chi connectivity index (χ0) is 17.8. The molecule has 0 aliphatic rings. The van der Waals surface area contributed by atoms with Gasteiger partial charge in [0, 0.05) is 6.54 Å². The molecule has 0 spiro atoms. The van der Waals surface area contributed by atoms with Gasteiger partial charge in [0.05, 0.1) is 24.0 Å². The predicted octanol–water partition coefficient (Wildman–Crippen LogP) is 1.74. The fourth-order valence-corrected chi connectivity index (χ4v) is 4.39. The lowest BCUT2D eigenvalue weighted by atomic mass is 10.3. The number of benzene rings is 1. The van der Waals surface area contributed by atoms with Crippen molar-refractivity contribution in [1.82, 2.24) is 4.72 Å². The molecule has 0 amide bonds. The molecular weight excluding hydrogens is 354 g/mol. The number of hydrogen-bond acceptors (Lipinski definition) is 6. The minimum atomic E-state index is -3.86. The number of nitrogens with one attached hydrogen (secondary N) is 1. The Labute approximate surface area is 141 Å². The molecule has 9 heteroatoms. The quantitative estimate of drug-likeness (QED) is 0.756. The maximum absolute atomic E-state index is 12.9. The normalized spacial score (nSPS) is 13.6. The molecule has 1 atom stereocenters. The Hall–Kier alpha value is -1.84. The Morgan fingerprint density at radius 2 is 1.79 bits per heavy atom. The molecule has 2 aromatic rings. The summed E-state index contributed by atoms with van der Waals surface area (Å²) >= 11 is 0. The number of sulfonamides is 1. The zero-order valence-corrected chi connectivity index (χ0v) is 14.9. The van der Waals surface area contributed by atoms with E-state index in [0.29, 0.717) is 5.75 Å². The number of furan rings is 1. The van der Waals surface area contributed by atoms with Crippen LogP contribution in [0.1, 0.15) is 17.9 Å². The molecule has 1 heterocycles. The summed E-state index contributed by atoms with van der Waals surface area (Å²) in [5.41, 5.74) is 0. The minimum absolute atomic E-state index is 0.0559. The smallest absolute Gasteiger partial charge is 0.211 e. The number of rotatable bonds is 8. The van der Waals surface area contributed by atoms with Crippen molar-refractivity contribution in [2.75, 3.05) is 19.4 Å². The maximum Gasteiger partial charge on any atom is 0.211 e. The summed E-state index contributed by atoms with van der Waals surface area (Å²) in [4.78, 5) is 0.0559. The Morgan fingerprint density at radius 3 is 2.29 bits per heavy atom. The van der Waals surface area contributed by atoms with Crippen molar-refractivity contribution in [3.63, 3.8) is 0 Å². The lowest BCUT2D eigenvalue weighted by Crippen LogP contribution is -2.32. The summed E-state index contributed by atoms with van der Waals surface area (Å²) in [5.74, 6) is 0.556. The molecule has 2 rings (SSSR count). The molecule has 132 valence electrons. The van der Waals surface area contributed by atoms with E-state index in [-0.39, 0.29) is 23.0 Å². The van der Waals surface area contributed by atoms with E-state index in [1.54, 1.807) is 6.07 Å². The highest BCUT2D eigenvalue weighted by Crippen LogP contribution is 2.30. The average molecular weight is 373 g/mol. The molecule has 24 heavy (non-hydrogen) atoms. The van der Waals surface area contributed by atoms with Crippen molar-refractivity contribution < 1.29 is 26.0 Å². The van der Waals surface area contributed by atoms with Crippen LogP contribution in [-0.2, 0) is 19.9 Å². The van der Waals surface area contributed by atoms with Gasteiger partial charge >= 0.3 is 0 Å². The largest absolute Gasteiger partial charge is 0.497 e. The highest BCUT2D eigenvalue weighted by atomic mass is 32.2. The van der Waals surface area contributed by atoms with Gasteiger partial charge in [-0.3, -0.25) is 0 Å². The number of methoxy groups -OCH3 is 1. The summed E-state index contributed by atoms with van der Waals surface area (Å²) in [7, 11) is -5.91. The van der Waals surface area contributed by atoms with Crippen molar-refractivity contribution in [3.05, 3.63) is 48.4 Å². The minimum Gasteiger partial charge on any atom is -0.497 e. The fraction of sp³-hybridized carbons (Fsp3) is 0.333. The van der Waals surface area contributed by atoms with Crippen molar-refractivity contribution in [3.8, 4) is 5.75 Å². The lowest BCUT2D eigenvalue weighted by Gasteiger charge is -2.16. The Bertz CT molecular complexity index is 855. The average Bonchev–Trinajstić information content (AvgIpc) is 3.09. The molecular formula is C15H19NO6S2. The first-order valence-corrected chi connectivity index (χ1v) is 10.4. The molecule has 1 aromatic carbocycles. The second-order valence-corrected chi connectivity index (χ2v) is 9.20. The molecule has 1 N–H and O–H groups in total. The van der Waals surface area contributed by atoms with E-state index in [4.69, 9.17) is 9.15 Å². The molecule has 1 unspecified atom stereocenters. The Morgan fingerprint density at radius 1 is 1.12 bits per heavy atom. The second kappa shape index (κ2) is 7.37. The van der Waals surface area contributed by atoms with Gasteiger partial charge in [-0.2, -0.15) is 0 Å². The highest BCUT2D eigenvalue weighted by molar-refractivity contribution is 7.92. The van der Waals surface area contributed by atoms with Crippen LogP contribution < -0.4 is 9.46 Å². The van der Waals surface area contributed by atoms with Crippen LogP contribution in [0.25, 0.3) is 0 Å². The standard InChI is InChI=1S/C15H19NO6S2/c1-3-23(17,18)16-11-15(14-5-4-10-22-14)24(19,20)13-8-6-12(21-2)7-9-13/h4-10,15-16H,3,11H2,1-2H3.